The fraction of sp³-hybridized carbons (Fsp3) is 0.0833. The maximum absolute atomic E-state index is 8.84. The van der Waals surface area contributed by atoms with Gasteiger partial charge >= 0.3 is 0 Å². The molecule has 0 radical (unpaired) electrons. The van der Waals surface area contributed by atoms with Crippen molar-refractivity contribution < 1.29 is 0 Å². The molecule has 0 amide bonds. The highest BCUT2D eigenvalue weighted by Gasteiger charge is 2.07. The summed E-state index contributed by atoms with van der Waals surface area (Å²) in [6.45, 7) is 0. The summed E-state index contributed by atoms with van der Waals surface area (Å²) >= 11 is 0. The molecule has 0 aliphatic rings. The van der Waals surface area contributed by atoms with Gasteiger partial charge in [-0.15, -0.1) is 0 Å². The van der Waals surface area contributed by atoms with Crippen LogP contribution in [0, 0.1) is 11.3 Å². The Bertz CT molecular complexity index is 573. The first-order valence-corrected chi connectivity index (χ1v) is 5.03. The molecule has 2 N–H and O–H groups in total. The van der Waals surface area contributed by atoms with E-state index in [4.69, 9.17) is 11.0 Å². The minimum absolute atomic E-state index is 0.415. The summed E-state index contributed by atoms with van der Waals surface area (Å²) in [6.07, 6.45) is 1.60. The lowest BCUT2D eigenvalue weighted by Gasteiger charge is -2.17. The van der Waals surface area contributed by atoms with Crippen LogP contribution in [-0.2, 0) is 0 Å². The van der Waals surface area contributed by atoms with E-state index in [0.717, 1.165) is 5.69 Å². The van der Waals surface area contributed by atoms with Gasteiger partial charge in [0.05, 0.1) is 11.6 Å². The van der Waals surface area contributed by atoms with Crippen LogP contribution in [0.4, 0.5) is 17.5 Å². The van der Waals surface area contributed by atoms with Gasteiger partial charge in [0.15, 0.2) is 0 Å². The molecular formula is C12H11N5. The second kappa shape index (κ2) is 4.49. The van der Waals surface area contributed by atoms with Crippen LogP contribution in [0.25, 0.3) is 0 Å². The Balaban J connectivity index is 2.37. The van der Waals surface area contributed by atoms with Crippen molar-refractivity contribution in [1.29, 1.82) is 5.26 Å². The van der Waals surface area contributed by atoms with Gasteiger partial charge in [-0.2, -0.15) is 10.2 Å². The summed E-state index contributed by atoms with van der Waals surface area (Å²) in [6, 6.07) is 10.9. The molecule has 0 spiro atoms. The number of anilines is 3. The average molecular weight is 225 g/mol. The van der Waals surface area contributed by atoms with Gasteiger partial charge in [-0.25, -0.2) is 4.98 Å². The highest BCUT2D eigenvalue weighted by atomic mass is 15.2. The van der Waals surface area contributed by atoms with Crippen LogP contribution in [0.15, 0.2) is 36.5 Å². The molecular weight excluding hydrogens is 214 g/mol. The summed E-state index contributed by atoms with van der Waals surface area (Å²) in [4.78, 5) is 10.0. The van der Waals surface area contributed by atoms with Gasteiger partial charge in [-0.1, -0.05) is 6.07 Å². The van der Waals surface area contributed by atoms with Gasteiger partial charge in [0.1, 0.15) is 5.82 Å². The van der Waals surface area contributed by atoms with E-state index in [0.29, 0.717) is 17.3 Å². The van der Waals surface area contributed by atoms with E-state index in [2.05, 4.69) is 16.0 Å². The van der Waals surface area contributed by atoms with E-state index in [1.165, 1.54) is 0 Å². The van der Waals surface area contributed by atoms with Crippen LogP contribution in [0.5, 0.6) is 0 Å². The van der Waals surface area contributed by atoms with E-state index < -0.39 is 0 Å². The molecule has 2 rings (SSSR count). The monoisotopic (exact) mass is 225 g/mol. The van der Waals surface area contributed by atoms with E-state index in [1.807, 2.05) is 19.2 Å². The number of benzene rings is 1. The van der Waals surface area contributed by atoms with Gasteiger partial charge in [0.25, 0.3) is 0 Å². The fourth-order valence-corrected chi connectivity index (χ4v) is 1.42. The maximum atomic E-state index is 8.84. The van der Waals surface area contributed by atoms with Gasteiger partial charge in [0, 0.05) is 18.9 Å². The SMILES string of the molecule is CN(c1cccc(C#N)c1)c1nccc(N)n1. The molecule has 84 valence electrons. The van der Waals surface area contributed by atoms with Crippen molar-refractivity contribution in [2.45, 2.75) is 0 Å². The number of nitriles is 1. The van der Waals surface area contributed by atoms with Crippen LogP contribution < -0.4 is 10.6 Å². The lowest BCUT2D eigenvalue weighted by atomic mass is 10.2. The Morgan fingerprint density at radius 1 is 1.35 bits per heavy atom. The molecule has 17 heavy (non-hydrogen) atoms. The topological polar surface area (TPSA) is 78.8 Å². The van der Waals surface area contributed by atoms with E-state index in [1.54, 1.807) is 29.3 Å². The van der Waals surface area contributed by atoms with Crippen molar-refractivity contribution in [3.63, 3.8) is 0 Å². The predicted octanol–water partition coefficient (Wildman–Crippen LogP) is 1.70. The number of hydrogen-bond acceptors (Lipinski definition) is 5. The summed E-state index contributed by atoms with van der Waals surface area (Å²) in [5, 5.41) is 8.84. The van der Waals surface area contributed by atoms with Gasteiger partial charge in [0.2, 0.25) is 5.95 Å². The smallest absolute Gasteiger partial charge is 0.231 e. The average Bonchev–Trinajstić information content (AvgIpc) is 2.38. The second-order valence-corrected chi connectivity index (χ2v) is 3.50. The third kappa shape index (κ3) is 2.32. The zero-order valence-corrected chi connectivity index (χ0v) is 9.33. The third-order valence-corrected chi connectivity index (χ3v) is 2.33. The molecule has 5 heteroatoms. The van der Waals surface area contributed by atoms with Crippen molar-refractivity contribution in [3.05, 3.63) is 42.1 Å². The quantitative estimate of drug-likeness (QED) is 0.841. The second-order valence-electron chi connectivity index (χ2n) is 3.50. The maximum Gasteiger partial charge on any atom is 0.231 e. The lowest BCUT2D eigenvalue weighted by molar-refractivity contribution is 1.05. The summed E-state index contributed by atoms with van der Waals surface area (Å²) in [5.41, 5.74) is 7.04. The van der Waals surface area contributed by atoms with Crippen molar-refractivity contribution in [2.75, 3.05) is 17.7 Å². The van der Waals surface area contributed by atoms with Crippen LogP contribution in [0.3, 0.4) is 0 Å². The first-order valence-electron chi connectivity index (χ1n) is 5.03. The molecule has 1 aromatic heterocycles. The van der Waals surface area contributed by atoms with Crippen LogP contribution in [0.1, 0.15) is 5.56 Å². The highest BCUT2D eigenvalue weighted by Crippen LogP contribution is 2.20. The third-order valence-electron chi connectivity index (χ3n) is 2.33. The molecule has 0 fully saturated rings. The number of nitrogens with two attached hydrogens (primary N) is 1. The summed E-state index contributed by atoms with van der Waals surface area (Å²) < 4.78 is 0. The molecule has 0 atom stereocenters. The predicted molar refractivity (Wildman–Crippen MR) is 65.7 cm³/mol. The minimum atomic E-state index is 0.415. The molecule has 5 nitrogen and oxygen atoms in total. The normalized spacial score (nSPS) is 9.65. The molecule has 1 heterocycles. The number of nitrogens with zero attached hydrogens (tertiary/aromatic N) is 4. The van der Waals surface area contributed by atoms with Gasteiger partial charge in [-0.3, -0.25) is 0 Å². The lowest BCUT2D eigenvalue weighted by Crippen LogP contribution is -2.13. The zero-order valence-electron chi connectivity index (χ0n) is 9.33. The Labute approximate surface area is 99.1 Å². The standard InChI is InChI=1S/C12H11N5/c1-17(12-15-6-5-11(14)16-12)10-4-2-3-9(7-10)8-13/h2-7H,1H3,(H2,14,15,16). The molecule has 2 aromatic rings. The van der Waals surface area contributed by atoms with Crippen LogP contribution in [0.2, 0.25) is 0 Å². The van der Waals surface area contributed by atoms with Crippen molar-refractivity contribution in [3.8, 4) is 6.07 Å². The number of nitrogen functional groups attached to an aromatic ring is 1. The molecule has 0 bridgehead atoms. The van der Waals surface area contributed by atoms with E-state index in [-0.39, 0.29) is 0 Å². The first-order chi connectivity index (χ1) is 8.20. The van der Waals surface area contributed by atoms with E-state index in [9.17, 15) is 0 Å². The van der Waals surface area contributed by atoms with Crippen molar-refractivity contribution in [1.82, 2.24) is 9.97 Å². The molecule has 0 aliphatic carbocycles. The Kier molecular flexibility index (Phi) is 2.88. The number of rotatable bonds is 2. The first kappa shape index (κ1) is 10.9. The molecule has 0 unspecified atom stereocenters. The van der Waals surface area contributed by atoms with Crippen molar-refractivity contribution >= 4 is 17.5 Å². The zero-order chi connectivity index (χ0) is 12.3. The van der Waals surface area contributed by atoms with Gasteiger partial charge < -0.3 is 10.6 Å². The van der Waals surface area contributed by atoms with Crippen LogP contribution >= 0.6 is 0 Å². The largest absolute Gasteiger partial charge is 0.384 e. The van der Waals surface area contributed by atoms with Crippen molar-refractivity contribution in [2.24, 2.45) is 0 Å². The molecule has 0 saturated heterocycles. The minimum Gasteiger partial charge on any atom is -0.384 e. The Hall–Kier alpha value is -2.61. The summed E-state index contributed by atoms with van der Waals surface area (Å²) in [7, 11) is 1.82. The molecule has 0 aliphatic heterocycles. The highest BCUT2D eigenvalue weighted by molar-refractivity contribution is 5.59. The van der Waals surface area contributed by atoms with Gasteiger partial charge in [-0.05, 0) is 24.3 Å². The Morgan fingerprint density at radius 2 is 2.18 bits per heavy atom. The summed E-state index contributed by atoms with van der Waals surface area (Å²) in [5.74, 6) is 0.915. The van der Waals surface area contributed by atoms with E-state index >= 15 is 0 Å². The molecule has 1 aromatic carbocycles. The molecule has 0 saturated carbocycles. The number of hydrogen-bond donors (Lipinski definition) is 1. The number of aromatic nitrogens is 2. The fourth-order valence-electron chi connectivity index (χ4n) is 1.42. The Morgan fingerprint density at radius 3 is 2.88 bits per heavy atom. The van der Waals surface area contributed by atoms with Crippen LogP contribution in [-0.4, -0.2) is 17.0 Å².